The zero-order valence-corrected chi connectivity index (χ0v) is 11.7. The first kappa shape index (κ1) is 14.3. The molecule has 0 bridgehead atoms. The van der Waals surface area contributed by atoms with Crippen molar-refractivity contribution in [2.24, 2.45) is 0 Å². The van der Waals surface area contributed by atoms with E-state index in [4.69, 9.17) is 4.74 Å². The predicted octanol–water partition coefficient (Wildman–Crippen LogP) is 2.52. The molecule has 0 radical (unpaired) electrons. The minimum absolute atomic E-state index is 0.0880. The van der Waals surface area contributed by atoms with Gasteiger partial charge in [-0.15, -0.1) is 0 Å². The molecule has 0 aliphatic heterocycles. The van der Waals surface area contributed by atoms with Gasteiger partial charge in [-0.1, -0.05) is 6.92 Å². The molecular formula is C13H21N3O2. The van der Waals surface area contributed by atoms with Crippen molar-refractivity contribution in [3.8, 4) is 5.88 Å². The van der Waals surface area contributed by atoms with E-state index in [1.54, 1.807) is 20.3 Å². The number of amides is 2. The monoisotopic (exact) mass is 251 g/mol. The van der Waals surface area contributed by atoms with E-state index in [0.29, 0.717) is 11.6 Å². The number of aromatic nitrogens is 1. The van der Waals surface area contributed by atoms with Gasteiger partial charge < -0.3 is 15.0 Å². The highest BCUT2D eigenvalue weighted by Gasteiger charge is 2.09. The summed E-state index contributed by atoms with van der Waals surface area (Å²) < 4.78 is 5.61. The van der Waals surface area contributed by atoms with Gasteiger partial charge in [-0.2, -0.15) is 0 Å². The summed E-state index contributed by atoms with van der Waals surface area (Å²) in [5.41, 5.74) is 1.67. The summed E-state index contributed by atoms with van der Waals surface area (Å²) in [6.45, 7) is 5.95. The highest BCUT2D eigenvalue weighted by molar-refractivity contribution is 5.88. The number of hydrogen-bond donors (Lipinski definition) is 1. The first-order chi connectivity index (χ1) is 8.43. The number of carbonyl (C=O) groups is 1. The van der Waals surface area contributed by atoms with Gasteiger partial charge in [0.05, 0.1) is 18.0 Å². The van der Waals surface area contributed by atoms with Crippen molar-refractivity contribution in [2.45, 2.75) is 33.3 Å². The molecule has 0 saturated carbocycles. The second-order valence-electron chi connectivity index (χ2n) is 4.53. The van der Waals surface area contributed by atoms with Gasteiger partial charge in [0.25, 0.3) is 0 Å². The van der Waals surface area contributed by atoms with Crippen LogP contribution in [0.3, 0.4) is 0 Å². The van der Waals surface area contributed by atoms with Crippen LogP contribution in [-0.4, -0.2) is 36.1 Å². The van der Waals surface area contributed by atoms with Gasteiger partial charge in [-0.25, -0.2) is 9.78 Å². The molecule has 0 aliphatic rings. The van der Waals surface area contributed by atoms with Crippen LogP contribution in [0, 0.1) is 0 Å². The Labute approximate surface area is 108 Å². The Morgan fingerprint density at radius 1 is 1.50 bits per heavy atom. The molecule has 1 heterocycles. The number of hydrogen-bond acceptors (Lipinski definition) is 3. The quantitative estimate of drug-likeness (QED) is 0.894. The molecule has 2 amide bonds. The third kappa shape index (κ3) is 3.91. The fourth-order valence-corrected chi connectivity index (χ4v) is 1.38. The SMILES string of the molecule is CCc1cc(NC(=O)N(C)C)cnc1OC(C)C. The number of carbonyl (C=O) groups excluding carboxylic acids is 1. The molecule has 5 heteroatoms. The van der Waals surface area contributed by atoms with E-state index in [1.807, 2.05) is 26.8 Å². The summed E-state index contributed by atoms with van der Waals surface area (Å²) in [4.78, 5) is 17.3. The van der Waals surface area contributed by atoms with Crippen molar-refractivity contribution in [3.63, 3.8) is 0 Å². The lowest BCUT2D eigenvalue weighted by molar-refractivity contribution is 0.229. The highest BCUT2D eigenvalue weighted by atomic mass is 16.5. The Hall–Kier alpha value is -1.78. The van der Waals surface area contributed by atoms with Crippen LogP contribution in [0.1, 0.15) is 26.3 Å². The molecule has 0 aliphatic carbocycles. The number of ether oxygens (including phenoxy) is 1. The van der Waals surface area contributed by atoms with E-state index < -0.39 is 0 Å². The zero-order chi connectivity index (χ0) is 13.7. The highest BCUT2D eigenvalue weighted by Crippen LogP contribution is 2.21. The van der Waals surface area contributed by atoms with Crippen LogP contribution >= 0.6 is 0 Å². The van der Waals surface area contributed by atoms with Gasteiger partial charge >= 0.3 is 6.03 Å². The Morgan fingerprint density at radius 3 is 2.67 bits per heavy atom. The first-order valence-corrected chi connectivity index (χ1v) is 6.08. The van der Waals surface area contributed by atoms with Crippen molar-refractivity contribution in [1.82, 2.24) is 9.88 Å². The third-order valence-electron chi connectivity index (χ3n) is 2.31. The number of nitrogens with zero attached hydrogens (tertiary/aromatic N) is 2. The number of pyridine rings is 1. The summed E-state index contributed by atoms with van der Waals surface area (Å²) in [7, 11) is 3.39. The van der Waals surface area contributed by atoms with Crippen molar-refractivity contribution >= 4 is 11.7 Å². The van der Waals surface area contributed by atoms with Crippen LogP contribution in [0.4, 0.5) is 10.5 Å². The lowest BCUT2D eigenvalue weighted by Crippen LogP contribution is -2.27. The fraction of sp³-hybridized carbons (Fsp3) is 0.538. The summed E-state index contributed by atoms with van der Waals surface area (Å²) in [5.74, 6) is 0.635. The Balaban J connectivity index is 2.88. The minimum atomic E-state index is -0.170. The largest absolute Gasteiger partial charge is 0.475 e. The van der Waals surface area contributed by atoms with Crippen LogP contribution in [0.25, 0.3) is 0 Å². The maximum atomic E-state index is 11.5. The number of anilines is 1. The average Bonchev–Trinajstić information content (AvgIpc) is 2.30. The molecule has 1 rings (SSSR count). The molecule has 5 nitrogen and oxygen atoms in total. The number of nitrogens with one attached hydrogen (secondary N) is 1. The molecule has 100 valence electrons. The first-order valence-electron chi connectivity index (χ1n) is 6.08. The molecule has 0 unspecified atom stereocenters. The molecule has 0 saturated heterocycles. The van der Waals surface area contributed by atoms with Gasteiger partial charge in [-0.3, -0.25) is 0 Å². The lowest BCUT2D eigenvalue weighted by atomic mass is 10.2. The molecule has 0 fully saturated rings. The summed E-state index contributed by atoms with van der Waals surface area (Å²) in [6, 6.07) is 1.72. The lowest BCUT2D eigenvalue weighted by Gasteiger charge is -2.15. The maximum Gasteiger partial charge on any atom is 0.321 e. The van der Waals surface area contributed by atoms with Gasteiger partial charge in [0, 0.05) is 19.7 Å². The van der Waals surface area contributed by atoms with Crippen LogP contribution in [-0.2, 0) is 6.42 Å². The molecule has 1 N–H and O–H groups in total. The third-order valence-corrected chi connectivity index (χ3v) is 2.31. The normalized spacial score (nSPS) is 10.3. The maximum absolute atomic E-state index is 11.5. The predicted molar refractivity (Wildman–Crippen MR) is 72.1 cm³/mol. The molecule has 0 atom stereocenters. The van der Waals surface area contributed by atoms with E-state index in [1.165, 1.54) is 4.90 Å². The summed E-state index contributed by atoms with van der Waals surface area (Å²) in [5, 5.41) is 2.77. The molecule has 1 aromatic rings. The summed E-state index contributed by atoms with van der Waals surface area (Å²) in [6.07, 6.45) is 2.50. The standard InChI is InChI=1S/C13H21N3O2/c1-6-10-7-11(15-13(17)16(4)5)8-14-12(10)18-9(2)3/h7-9H,6H2,1-5H3,(H,15,17). The van der Waals surface area contributed by atoms with E-state index in [9.17, 15) is 4.79 Å². The van der Waals surface area contributed by atoms with Crippen molar-refractivity contribution in [3.05, 3.63) is 17.8 Å². The molecule has 1 aromatic heterocycles. The van der Waals surface area contributed by atoms with Gasteiger partial charge in [0.1, 0.15) is 0 Å². The molecule has 18 heavy (non-hydrogen) atoms. The summed E-state index contributed by atoms with van der Waals surface area (Å²) >= 11 is 0. The van der Waals surface area contributed by atoms with Crippen LogP contribution in [0.15, 0.2) is 12.3 Å². The van der Waals surface area contributed by atoms with E-state index >= 15 is 0 Å². The van der Waals surface area contributed by atoms with Crippen LogP contribution < -0.4 is 10.1 Å². The zero-order valence-electron chi connectivity index (χ0n) is 11.7. The Bertz CT molecular complexity index is 417. The topological polar surface area (TPSA) is 54.5 Å². The second kappa shape index (κ2) is 6.23. The van der Waals surface area contributed by atoms with Crippen molar-refractivity contribution < 1.29 is 9.53 Å². The van der Waals surface area contributed by atoms with E-state index in [-0.39, 0.29) is 12.1 Å². The number of urea groups is 1. The van der Waals surface area contributed by atoms with Crippen LogP contribution in [0.2, 0.25) is 0 Å². The van der Waals surface area contributed by atoms with E-state index in [2.05, 4.69) is 10.3 Å². The minimum Gasteiger partial charge on any atom is -0.475 e. The van der Waals surface area contributed by atoms with E-state index in [0.717, 1.165) is 12.0 Å². The van der Waals surface area contributed by atoms with Crippen LogP contribution in [0.5, 0.6) is 5.88 Å². The van der Waals surface area contributed by atoms with Crippen molar-refractivity contribution in [1.29, 1.82) is 0 Å². The fourth-order valence-electron chi connectivity index (χ4n) is 1.38. The molecule has 0 spiro atoms. The Kier molecular flexibility index (Phi) is 4.95. The van der Waals surface area contributed by atoms with Gasteiger partial charge in [0.2, 0.25) is 5.88 Å². The molecular weight excluding hydrogens is 230 g/mol. The number of rotatable bonds is 4. The number of aryl methyl sites for hydroxylation is 1. The van der Waals surface area contributed by atoms with Gasteiger partial charge in [-0.05, 0) is 26.3 Å². The second-order valence-corrected chi connectivity index (χ2v) is 4.53. The smallest absolute Gasteiger partial charge is 0.321 e. The molecule has 0 aromatic carbocycles. The van der Waals surface area contributed by atoms with Gasteiger partial charge in [0.15, 0.2) is 0 Å². The van der Waals surface area contributed by atoms with Crippen molar-refractivity contribution in [2.75, 3.05) is 19.4 Å². The average molecular weight is 251 g/mol. The Morgan fingerprint density at radius 2 is 2.17 bits per heavy atom.